The van der Waals surface area contributed by atoms with Crippen molar-refractivity contribution in [2.45, 2.75) is 0 Å². The Labute approximate surface area is 56.9 Å². The second-order valence-electron chi connectivity index (χ2n) is 1.96. The normalized spacial score (nSPS) is 9.80. The molecule has 0 amide bonds. The molecule has 0 saturated heterocycles. The Hall–Kier alpha value is -1.46. The highest BCUT2D eigenvalue weighted by molar-refractivity contribution is 4.85. The molecule has 0 aliphatic carbocycles. The van der Waals surface area contributed by atoms with Crippen molar-refractivity contribution >= 4 is 5.95 Å². The van der Waals surface area contributed by atoms with E-state index in [1.165, 1.54) is 15.6 Å². The third-order valence-electron chi connectivity index (χ3n) is 1.07. The molecule has 10 heavy (non-hydrogen) atoms. The highest BCUT2D eigenvalue weighted by Gasteiger charge is 2.22. The molecule has 1 rings (SSSR count). The smallest absolute Gasteiger partial charge is 0.355 e. The molecular weight excluding hydrogens is 136 g/mol. The van der Waals surface area contributed by atoms with Crippen LogP contribution in [-0.4, -0.2) is 14.7 Å². The summed E-state index contributed by atoms with van der Waals surface area (Å²) in [6.45, 7) is 0. The van der Waals surface area contributed by atoms with Gasteiger partial charge in [0, 0.05) is 4.92 Å². The maximum absolute atomic E-state index is 10.1. The molecule has 54 valence electrons. The van der Waals surface area contributed by atoms with Crippen molar-refractivity contribution in [2.24, 2.45) is 14.1 Å². The summed E-state index contributed by atoms with van der Waals surface area (Å²) in [6.07, 6.45) is 1.53. The topological polar surface area (TPSA) is 64.8 Å². The molecule has 0 N–H and O–H groups in total. The van der Waals surface area contributed by atoms with E-state index < -0.39 is 4.92 Å². The van der Waals surface area contributed by atoms with Crippen LogP contribution in [0.25, 0.3) is 0 Å². The quantitative estimate of drug-likeness (QED) is 0.292. The van der Waals surface area contributed by atoms with Gasteiger partial charge in [0.2, 0.25) is 0 Å². The Bertz CT molecular complexity index is 266. The number of hydrogen-bond acceptors (Lipinski definition) is 3. The van der Waals surface area contributed by atoms with Gasteiger partial charge in [0.25, 0.3) is 6.33 Å². The monoisotopic (exact) mass is 143 g/mol. The summed E-state index contributed by atoms with van der Waals surface area (Å²) in [5.74, 6) is -0.150. The third kappa shape index (κ3) is 0.949. The predicted molar refractivity (Wildman–Crippen MR) is 31.0 cm³/mol. The van der Waals surface area contributed by atoms with Crippen molar-refractivity contribution in [3.05, 3.63) is 16.4 Å². The van der Waals surface area contributed by atoms with Crippen LogP contribution in [0.4, 0.5) is 5.95 Å². The van der Waals surface area contributed by atoms with E-state index in [2.05, 4.69) is 5.10 Å². The zero-order valence-electron chi connectivity index (χ0n) is 5.68. The van der Waals surface area contributed by atoms with E-state index in [4.69, 9.17) is 0 Å². The molecule has 6 nitrogen and oxygen atoms in total. The molecule has 0 spiro atoms. The van der Waals surface area contributed by atoms with Crippen LogP contribution in [0.2, 0.25) is 0 Å². The standard InChI is InChI=1S/C4H7N4O2/c1-6-3-7(2)5-4(6)8(9)10/h3H,1-2H3/q+1. The molecule has 0 saturated carbocycles. The van der Waals surface area contributed by atoms with Crippen LogP contribution >= 0.6 is 0 Å². The summed E-state index contributed by atoms with van der Waals surface area (Å²) < 4.78 is 2.73. The van der Waals surface area contributed by atoms with Crippen molar-refractivity contribution in [3.8, 4) is 0 Å². The zero-order valence-corrected chi connectivity index (χ0v) is 5.68. The van der Waals surface area contributed by atoms with Gasteiger partial charge < -0.3 is 10.1 Å². The Morgan fingerprint density at radius 1 is 1.90 bits per heavy atom. The van der Waals surface area contributed by atoms with Gasteiger partial charge in [-0.25, -0.2) is 0 Å². The first kappa shape index (κ1) is 6.66. The summed E-state index contributed by atoms with van der Waals surface area (Å²) >= 11 is 0. The minimum Gasteiger partial charge on any atom is -0.355 e. The van der Waals surface area contributed by atoms with Crippen molar-refractivity contribution in [1.29, 1.82) is 0 Å². The van der Waals surface area contributed by atoms with E-state index in [0.717, 1.165) is 0 Å². The van der Waals surface area contributed by atoms with Crippen molar-refractivity contribution < 1.29 is 9.49 Å². The zero-order chi connectivity index (χ0) is 7.72. The molecule has 0 unspecified atom stereocenters. The number of nitrogens with zero attached hydrogens (tertiary/aromatic N) is 4. The minimum atomic E-state index is -0.528. The highest BCUT2D eigenvalue weighted by atomic mass is 16.6. The Morgan fingerprint density at radius 3 is 2.70 bits per heavy atom. The van der Waals surface area contributed by atoms with Crippen LogP contribution in [-0.2, 0) is 14.1 Å². The second kappa shape index (κ2) is 2.05. The van der Waals surface area contributed by atoms with Gasteiger partial charge >= 0.3 is 5.95 Å². The van der Waals surface area contributed by atoms with Crippen LogP contribution in [0.1, 0.15) is 0 Å². The average Bonchev–Trinajstić information content (AvgIpc) is 2.10. The third-order valence-corrected chi connectivity index (χ3v) is 1.07. The lowest BCUT2D eigenvalue weighted by Crippen LogP contribution is -2.28. The predicted octanol–water partition coefficient (Wildman–Crippen LogP) is -0.847. The second-order valence-corrected chi connectivity index (χ2v) is 1.96. The Balaban J connectivity index is 3.15. The summed E-state index contributed by atoms with van der Waals surface area (Å²) in [4.78, 5) is 9.62. The van der Waals surface area contributed by atoms with E-state index in [0.29, 0.717) is 0 Å². The van der Waals surface area contributed by atoms with Gasteiger partial charge in [-0.3, -0.25) is 0 Å². The van der Waals surface area contributed by atoms with Crippen LogP contribution in [0.5, 0.6) is 0 Å². The van der Waals surface area contributed by atoms with Gasteiger partial charge in [0.05, 0.1) is 7.05 Å². The van der Waals surface area contributed by atoms with E-state index >= 15 is 0 Å². The average molecular weight is 143 g/mol. The van der Waals surface area contributed by atoms with E-state index in [1.807, 2.05) is 0 Å². The van der Waals surface area contributed by atoms with Crippen LogP contribution < -0.4 is 4.57 Å². The maximum atomic E-state index is 10.1. The molecule has 0 radical (unpaired) electrons. The fraction of sp³-hybridized carbons (Fsp3) is 0.500. The molecular formula is C4H7N4O2+. The van der Waals surface area contributed by atoms with E-state index in [-0.39, 0.29) is 5.95 Å². The first-order chi connectivity index (χ1) is 4.61. The molecule has 0 bridgehead atoms. The molecule has 1 aromatic heterocycles. The molecule has 0 aliphatic rings. The van der Waals surface area contributed by atoms with E-state index in [1.54, 1.807) is 14.1 Å². The van der Waals surface area contributed by atoms with E-state index in [9.17, 15) is 10.1 Å². The number of nitro groups is 1. The van der Waals surface area contributed by atoms with Gasteiger partial charge in [-0.2, -0.15) is 4.57 Å². The first-order valence-electron chi connectivity index (χ1n) is 2.65. The number of aryl methyl sites for hydroxylation is 2. The van der Waals surface area contributed by atoms with Gasteiger partial charge in [0.15, 0.2) is 5.10 Å². The molecule has 1 heterocycles. The van der Waals surface area contributed by atoms with Gasteiger partial charge in [-0.05, 0) is 4.68 Å². The summed E-state index contributed by atoms with van der Waals surface area (Å²) in [7, 11) is 3.21. The van der Waals surface area contributed by atoms with Crippen molar-refractivity contribution in [3.63, 3.8) is 0 Å². The molecule has 0 fully saturated rings. The minimum absolute atomic E-state index is 0.150. The van der Waals surface area contributed by atoms with Crippen molar-refractivity contribution in [1.82, 2.24) is 9.78 Å². The van der Waals surface area contributed by atoms with Crippen LogP contribution in [0.3, 0.4) is 0 Å². The van der Waals surface area contributed by atoms with Crippen LogP contribution in [0.15, 0.2) is 6.33 Å². The number of rotatable bonds is 1. The molecule has 0 aliphatic heterocycles. The summed E-state index contributed by atoms with van der Waals surface area (Å²) in [5, 5.41) is 13.7. The first-order valence-corrected chi connectivity index (χ1v) is 2.65. The van der Waals surface area contributed by atoms with Crippen LogP contribution in [0, 0.1) is 10.1 Å². The summed E-state index contributed by atoms with van der Waals surface area (Å²) in [5.41, 5.74) is 0. The Kier molecular flexibility index (Phi) is 1.37. The summed E-state index contributed by atoms with van der Waals surface area (Å²) in [6, 6.07) is 0. The molecule has 0 atom stereocenters. The fourth-order valence-electron chi connectivity index (χ4n) is 0.705. The fourth-order valence-corrected chi connectivity index (χ4v) is 0.705. The lowest BCUT2D eigenvalue weighted by atomic mass is 11.0. The van der Waals surface area contributed by atoms with Gasteiger partial charge in [0.1, 0.15) is 7.05 Å². The SMILES string of the molecule is Cn1c[n+](C)c([N+](=O)[O-])n1. The molecule has 1 aromatic rings. The number of hydrogen-bond donors (Lipinski definition) is 0. The maximum Gasteiger partial charge on any atom is 0.577 e. The largest absolute Gasteiger partial charge is 0.577 e. The van der Waals surface area contributed by atoms with Gasteiger partial charge in [-0.15, -0.1) is 0 Å². The molecule has 6 heteroatoms. The number of aromatic nitrogens is 3. The van der Waals surface area contributed by atoms with Gasteiger partial charge in [-0.1, -0.05) is 0 Å². The molecule has 0 aromatic carbocycles. The highest BCUT2D eigenvalue weighted by Crippen LogP contribution is 1.93. The lowest BCUT2D eigenvalue weighted by Gasteiger charge is -1.81. The van der Waals surface area contributed by atoms with Crippen molar-refractivity contribution in [2.75, 3.05) is 0 Å². The lowest BCUT2D eigenvalue weighted by molar-refractivity contribution is -0.716. The Morgan fingerprint density at radius 2 is 2.50 bits per heavy atom.